The van der Waals surface area contributed by atoms with Crippen molar-refractivity contribution >= 4 is 43.3 Å². The van der Waals surface area contributed by atoms with Crippen LogP contribution in [0.3, 0.4) is 0 Å². The molecule has 3 aromatic heterocycles. The van der Waals surface area contributed by atoms with E-state index in [1.807, 2.05) is 26.0 Å². The standard InChI is InChI=1S/C15H17BrN6S/c1-15(2,17)7-10-11(16)12-13(23-10)14(21-22-20-12)19-8-9-3-5-18-6-4-9/h3-6H,7-8,17H2,1-2H3,(H,19,20,21). The molecular formula is C15H17BrN6S. The highest BCUT2D eigenvalue weighted by molar-refractivity contribution is 9.10. The number of fused-ring (bicyclic) bond motifs is 1. The quantitative estimate of drug-likeness (QED) is 0.692. The van der Waals surface area contributed by atoms with Crippen LogP contribution in [0.1, 0.15) is 24.3 Å². The summed E-state index contributed by atoms with van der Waals surface area (Å²) in [6.07, 6.45) is 4.31. The summed E-state index contributed by atoms with van der Waals surface area (Å²) in [4.78, 5) is 5.17. The Bertz CT molecular complexity index is 812. The van der Waals surface area contributed by atoms with Gasteiger partial charge >= 0.3 is 0 Å². The molecule has 3 N–H and O–H groups in total. The van der Waals surface area contributed by atoms with E-state index in [1.54, 1.807) is 23.7 Å². The summed E-state index contributed by atoms with van der Waals surface area (Å²) in [6.45, 7) is 4.68. The molecule has 3 rings (SSSR count). The molecule has 0 aliphatic rings. The Morgan fingerprint density at radius 1 is 1.26 bits per heavy atom. The van der Waals surface area contributed by atoms with Gasteiger partial charge in [-0.15, -0.1) is 21.5 Å². The third kappa shape index (κ3) is 3.82. The van der Waals surface area contributed by atoms with Crippen LogP contribution in [0.5, 0.6) is 0 Å². The summed E-state index contributed by atoms with van der Waals surface area (Å²) in [7, 11) is 0. The number of rotatable bonds is 5. The predicted octanol–water partition coefficient (Wildman–Crippen LogP) is 3.14. The lowest BCUT2D eigenvalue weighted by Gasteiger charge is -2.17. The molecule has 0 saturated carbocycles. The van der Waals surface area contributed by atoms with Crippen molar-refractivity contribution in [2.45, 2.75) is 32.4 Å². The molecule has 3 aromatic rings. The molecule has 0 radical (unpaired) electrons. The summed E-state index contributed by atoms with van der Waals surface area (Å²) in [6, 6.07) is 3.93. The minimum Gasteiger partial charge on any atom is -0.363 e. The molecule has 0 aliphatic carbocycles. The van der Waals surface area contributed by atoms with E-state index in [0.717, 1.165) is 37.4 Å². The van der Waals surface area contributed by atoms with E-state index in [0.29, 0.717) is 6.54 Å². The Balaban J connectivity index is 1.90. The first-order chi connectivity index (χ1) is 10.9. The minimum atomic E-state index is -0.283. The molecule has 0 aliphatic heterocycles. The number of hydrogen-bond donors (Lipinski definition) is 2. The monoisotopic (exact) mass is 392 g/mol. The summed E-state index contributed by atoms with van der Waals surface area (Å²) in [5.41, 5.74) is 7.81. The molecule has 6 nitrogen and oxygen atoms in total. The van der Waals surface area contributed by atoms with Gasteiger partial charge in [0.05, 0.1) is 4.47 Å². The van der Waals surface area contributed by atoms with Crippen molar-refractivity contribution in [2.24, 2.45) is 5.73 Å². The average Bonchev–Trinajstić information content (AvgIpc) is 2.82. The van der Waals surface area contributed by atoms with Crippen LogP contribution in [-0.4, -0.2) is 25.9 Å². The van der Waals surface area contributed by atoms with Crippen molar-refractivity contribution in [3.63, 3.8) is 0 Å². The number of anilines is 1. The van der Waals surface area contributed by atoms with Gasteiger partial charge in [-0.2, -0.15) is 0 Å². The third-order valence-corrected chi connectivity index (χ3v) is 5.53. The summed E-state index contributed by atoms with van der Waals surface area (Å²) < 4.78 is 1.94. The van der Waals surface area contributed by atoms with Crippen molar-refractivity contribution in [3.05, 3.63) is 39.4 Å². The summed E-state index contributed by atoms with van der Waals surface area (Å²) in [5, 5.41) is 15.5. The molecule has 0 saturated heterocycles. The van der Waals surface area contributed by atoms with E-state index in [-0.39, 0.29) is 5.54 Å². The smallest absolute Gasteiger partial charge is 0.170 e. The molecule has 0 aromatic carbocycles. The molecular weight excluding hydrogens is 376 g/mol. The van der Waals surface area contributed by atoms with Gasteiger partial charge in [0, 0.05) is 35.8 Å². The number of thiophene rings is 1. The second-order valence-corrected chi connectivity index (χ2v) is 7.93. The second kappa shape index (κ2) is 6.46. The maximum absolute atomic E-state index is 6.14. The first kappa shape index (κ1) is 16.2. The Hall–Kier alpha value is -1.64. The fourth-order valence-electron chi connectivity index (χ4n) is 2.18. The maximum Gasteiger partial charge on any atom is 0.170 e. The van der Waals surface area contributed by atoms with Gasteiger partial charge in [0.1, 0.15) is 10.2 Å². The van der Waals surface area contributed by atoms with E-state index < -0.39 is 0 Å². The van der Waals surface area contributed by atoms with Crippen molar-refractivity contribution in [3.8, 4) is 0 Å². The van der Waals surface area contributed by atoms with Gasteiger partial charge in [-0.1, -0.05) is 0 Å². The number of nitrogens with zero attached hydrogens (tertiary/aromatic N) is 4. The van der Waals surface area contributed by atoms with Gasteiger partial charge in [0.2, 0.25) is 0 Å². The van der Waals surface area contributed by atoms with E-state index in [9.17, 15) is 0 Å². The molecule has 23 heavy (non-hydrogen) atoms. The summed E-state index contributed by atoms with van der Waals surface area (Å²) in [5.74, 6) is 0.735. The van der Waals surface area contributed by atoms with Gasteiger partial charge in [-0.3, -0.25) is 4.98 Å². The number of aromatic nitrogens is 4. The van der Waals surface area contributed by atoms with Crippen LogP contribution in [0, 0.1) is 0 Å². The predicted molar refractivity (Wildman–Crippen MR) is 96.4 cm³/mol. The number of nitrogens with one attached hydrogen (secondary N) is 1. The molecule has 0 unspecified atom stereocenters. The van der Waals surface area contributed by atoms with E-state index in [2.05, 4.69) is 41.6 Å². The highest BCUT2D eigenvalue weighted by Gasteiger charge is 2.20. The van der Waals surface area contributed by atoms with Crippen LogP contribution in [0.25, 0.3) is 10.2 Å². The molecule has 3 heterocycles. The van der Waals surface area contributed by atoms with Crippen molar-refractivity contribution in [2.75, 3.05) is 5.32 Å². The van der Waals surface area contributed by atoms with Gasteiger partial charge in [0.15, 0.2) is 5.82 Å². The third-order valence-electron chi connectivity index (χ3n) is 3.22. The van der Waals surface area contributed by atoms with Crippen molar-refractivity contribution in [1.29, 1.82) is 0 Å². The lowest BCUT2D eigenvalue weighted by Crippen LogP contribution is -2.34. The SMILES string of the molecule is CC(C)(N)Cc1sc2c(NCc3ccncc3)nnnc2c1Br. The van der Waals surface area contributed by atoms with E-state index >= 15 is 0 Å². The molecule has 0 atom stereocenters. The fraction of sp³-hybridized carbons (Fsp3) is 0.333. The van der Waals surface area contributed by atoms with Crippen LogP contribution in [0.15, 0.2) is 29.0 Å². The molecule has 0 fully saturated rings. The Kier molecular flexibility index (Phi) is 4.56. The Morgan fingerprint density at radius 2 is 2.00 bits per heavy atom. The second-order valence-electron chi connectivity index (χ2n) is 6.03. The van der Waals surface area contributed by atoms with Crippen LogP contribution >= 0.6 is 27.3 Å². The minimum absolute atomic E-state index is 0.283. The highest BCUT2D eigenvalue weighted by atomic mass is 79.9. The zero-order chi connectivity index (χ0) is 16.4. The van der Waals surface area contributed by atoms with Crippen LogP contribution in [0.4, 0.5) is 5.82 Å². The lowest BCUT2D eigenvalue weighted by atomic mass is 10.0. The van der Waals surface area contributed by atoms with Crippen LogP contribution < -0.4 is 11.1 Å². The van der Waals surface area contributed by atoms with Gasteiger partial charge in [0.25, 0.3) is 0 Å². The molecule has 0 amide bonds. The fourth-order valence-corrected chi connectivity index (χ4v) is 4.30. The first-order valence-corrected chi connectivity index (χ1v) is 8.77. The first-order valence-electron chi connectivity index (χ1n) is 7.16. The Morgan fingerprint density at radius 3 is 2.70 bits per heavy atom. The largest absolute Gasteiger partial charge is 0.363 e. The normalized spacial score (nSPS) is 11.8. The zero-order valence-corrected chi connectivity index (χ0v) is 15.3. The topological polar surface area (TPSA) is 89.6 Å². The van der Waals surface area contributed by atoms with E-state index in [1.165, 1.54) is 0 Å². The lowest BCUT2D eigenvalue weighted by molar-refractivity contribution is 0.520. The summed E-state index contributed by atoms with van der Waals surface area (Å²) >= 11 is 5.27. The molecule has 120 valence electrons. The number of hydrogen-bond acceptors (Lipinski definition) is 7. The zero-order valence-electron chi connectivity index (χ0n) is 12.9. The van der Waals surface area contributed by atoms with Crippen LogP contribution in [-0.2, 0) is 13.0 Å². The number of halogens is 1. The Labute approximate surface area is 146 Å². The van der Waals surface area contributed by atoms with Gasteiger partial charge in [-0.25, -0.2) is 0 Å². The number of nitrogens with two attached hydrogens (primary N) is 1. The molecule has 0 bridgehead atoms. The van der Waals surface area contributed by atoms with E-state index in [4.69, 9.17) is 5.73 Å². The maximum atomic E-state index is 6.14. The van der Waals surface area contributed by atoms with Crippen molar-refractivity contribution < 1.29 is 0 Å². The van der Waals surface area contributed by atoms with Gasteiger partial charge in [-0.05, 0) is 52.7 Å². The molecule has 8 heteroatoms. The average molecular weight is 393 g/mol. The van der Waals surface area contributed by atoms with Crippen LogP contribution in [0.2, 0.25) is 0 Å². The number of pyridine rings is 1. The molecule has 0 spiro atoms. The van der Waals surface area contributed by atoms with Gasteiger partial charge < -0.3 is 11.1 Å². The van der Waals surface area contributed by atoms with Crippen molar-refractivity contribution in [1.82, 2.24) is 20.4 Å². The highest BCUT2D eigenvalue weighted by Crippen LogP contribution is 2.38.